The van der Waals surface area contributed by atoms with Crippen molar-refractivity contribution in [3.8, 4) is 0 Å². The van der Waals surface area contributed by atoms with Gasteiger partial charge in [-0.25, -0.2) is 8.42 Å². The lowest BCUT2D eigenvalue weighted by molar-refractivity contribution is -0.118. The van der Waals surface area contributed by atoms with E-state index in [-0.39, 0.29) is 28.3 Å². The average Bonchev–Trinajstić information content (AvgIpc) is 3.42. The van der Waals surface area contributed by atoms with Crippen LogP contribution in [0.5, 0.6) is 0 Å². The summed E-state index contributed by atoms with van der Waals surface area (Å²) in [6.45, 7) is 0. The third-order valence-electron chi connectivity index (χ3n) is 5.89. The highest BCUT2D eigenvalue weighted by molar-refractivity contribution is 7.98. The molecule has 1 aliphatic heterocycles. The molecule has 1 saturated heterocycles. The number of halogens is 4. The monoisotopic (exact) mass is 580 g/mol. The van der Waals surface area contributed by atoms with Crippen molar-refractivity contribution >= 4 is 46.0 Å². The number of rotatable bonds is 7. The summed E-state index contributed by atoms with van der Waals surface area (Å²) < 4.78 is 81.7. The van der Waals surface area contributed by atoms with Crippen molar-refractivity contribution < 1.29 is 50.9 Å². The number of hydrogen-bond donors (Lipinski definition) is 5. The van der Waals surface area contributed by atoms with Crippen LogP contribution >= 0.6 is 19.2 Å². The van der Waals surface area contributed by atoms with Crippen molar-refractivity contribution in [2.75, 3.05) is 11.1 Å². The Bertz CT molecular complexity index is 1290. The molecule has 1 unspecified atom stereocenters. The molecule has 0 spiro atoms. The summed E-state index contributed by atoms with van der Waals surface area (Å²) in [5.74, 6) is -1.43. The summed E-state index contributed by atoms with van der Waals surface area (Å²) in [6, 6.07) is 0.0876. The topological polar surface area (TPSA) is 210 Å². The molecule has 20 heteroatoms. The van der Waals surface area contributed by atoms with Gasteiger partial charge in [-0.15, -0.1) is 5.10 Å². The van der Waals surface area contributed by atoms with E-state index in [2.05, 4.69) is 25.6 Å². The van der Waals surface area contributed by atoms with Crippen molar-refractivity contribution in [3.63, 3.8) is 0 Å². The van der Waals surface area contributed by atoms with E-state index in [1.165, 1.54) is 0 Å². The van der Waals surface area contributed by atoms with E-state index in [9.17, 15) is 36.4 Å². The van der Waals surface area contributed by atoms with Gasteiger partial charge in [0.25, 0.3) is 4.99 Å². The molecule has 5 N–H and O–H groups in total. The van der Waals surface area contributed by atoms with Crippen molar-refractivity contribution in [1.82, 2.24) is 25.0 Å². The standard InChI is InChI=1S/C16H21ClF3N6O8PS/c17-15-22-11(21-6-3-1-2-4-6)8-12(23-15)26(25-24-8)13-10(28)9(27)7(34-13)5-36(32,33)14(16(18,19)20)35(29,30)31/h6-7,9-10,13-14,27-28H,1-5H2,(H,21,22,23)(H2,29,30,31)/t7-,9-,10-,13-,14?/m1/s1. The predicted octanol–water partition coefficient (Wildman–Crippen LogP) is 0.329. The lowest BCUT2D eigenvalue weighted by atomic mass is 10.1. The zero-order chi connectivity index (χ0) is 26.6. The number of nitrogens with zero attached hydrogens (tertiary/aromatic N) is 5. The van der Waals surface area contributed by atoms with Crippen LogP contribution in [0.3, 0.4) is 0 Å². The van der Waals surface area contributed by atoms with Crippen LogP contribution in [0.2, 0.25) is 5.28 Å². The molecule has 36 heavy (non-hydrogen) atoms. The number of fused-ring (bicyclic) bond motifs is 1. The number of nitrogens with one attached hydrogen (secondary N) is 1. The van der Waals surface area contributed by atoms with Gasteiger partial charge in [0, 0.05) is 6.04 Å². The van der Waals surface area contributed by atoms with Crippen LogP contribution in [0, 0.1) is 0 Å². The van der Waals surface area contributed by atoms with Crippen LogP contribution < -0.4 is 5.32 Å². The van der Waals surface area contributed by atoms with E-state index in [4.69, 9.17) is 26.1 Å². The fourth-order valence-electron chi connectivity index (χ4n) is 4.33. The number of aliphatic hydroxyl groups is 2. The molecule has 14 nitrogen and oxygen atoms in total. The van der Waals surface area contributed by atoms with Gasteiger partial charge in [0.2, 0.25) is 5.28 Å². The van der Waals surface area contributed by atoms with Crippen molar-refractivity contribution in [2.24, 2.45) is 0 Å². The van der Waals surface area contributed by atoms with Crippen LogP contribution in [0.25, 0.3) is 11.2 Å². The molecule has 0 amide bonds. The maximum atomic E-state index is 13.2. The molecule has 0 bridgehead atoms. The highest BCUT2D eigenvalue weighted by Crippen LogP contribution is 2.52. The third kappa shape index (κ3) is 5.31. The second-order valence-electron chi connectivity index (χ2n) is 8.53. The molecule has 2 aliphatic rings. The number of ether oxygens (including phenoxy) is 1. The SMILES string of the molecule is O=P(O)(O)C(C(F)(F)F)S(=O)(=O)C[C@H]1O[C@@H](n2nnc3c(NC4CCCC4)nc(Cl)nc32)[C@H](O)[C@@H]1O. The Labute approximate surface area is 205 Å². The molecule has 2 aromatic rings. The predicted molar refractivity (Wildman–Crippen MR) is 116 cm³/mol. The van der Waals surface area contributed by atoms with Gasteiger partial charge in [-0.1, -0.05) is 18.1 Å². The van der Waals surface area contributed by atoms with Gasteiger partial charge >= 0.3 is 13.8 Å². The van der Waals surface area contributed by atoms with Crippen molar-refractivity contribution in [3.05, 3.63) is 5.28 Å². The first kappa shape index (κ1) is 27.4. The first-order valence-electron chi connectivity index (χ1n) is 10.5. The minimum Gasteiger partial charge on any atom is -0.387 e. The Kier molecular flexibility index (Phi) is 7.28. The molecule has 202 valence electrons. The molecule has 1 aliphatic carbocycles. The summed E-state index contributed by atoms with van der Waals surface area (Å²) in [5.41, 5.74) is 0.0185. The van der Waals surface area contributed by atoms with E-state index in [0.29, 0.717) is 0 Å². The molecular weight excluding hydrogens is 560 g/mol. The summed E-state index contributed by atoms with van der Waals surface area (Å²) in [5, 5.41) is 31.4. The van der Waals surface area contributed by atoms with Gasteiger partial charge in [0.15, 0.2) is 33.0 Å². The smallest absolute Gasteiger partial charge is 0.387 e. The Hall–Kier alpha value is -1.66. The quantitative estimate of drug-likeness (QED) is 0.221. The Morgan fingerprint density at radius 1 is 1.19 bits per heavy atom. The first-order chi connectivity index (χ1) is 16.6. The minimum absolute atomic E-state index is 0.0846. The van der Waals surface area contributed by atoms with Crippen molar-refractivity contribution in [2.45, 2.75) is 67.4 Å². The molecule has 2 aromatic heterocycles. The Morgan fingerprint density at radius 3 is 2.42 bits per heavy atom. The fourth-order valence-corrected chi connectivity index (χ4v) is 8.13. The number of hydrogen-bond acceptors (Lipinski definition) is 11. The molecule has 1 saturated carbocycles. The summed E-state index contributed by atoms with van der Waals surface area (Å²) >= 11 is 6.00. The second-order valence-corrected chi connectivity index (χ2v) is 13.0. The molecule has 0 aromatic carbocycles. The van der Waals surface area contributed by atoms with Gasteiger partial charge in [0.05, 0.1) is 5.75 Å². The number of alkyl halides is 3. The Balaban J connectivity index is 1.62. The lowest BCUT2D eigenvalue weighted by Gasteiger charge is -2.23. The van der Waals surface area contributed by atoms with E-state index in [1.807, 2.05) is 0 Å². The molecule has 4 rings (SSSR count). The second kappa shape index (κ2) is 9.58. The van der Waals surface area contributed by atoms with Gasteiger partial charge in [-0.2, -0.15) is 27.8 Å². The fraction of sp³-hybridized carbons (Fsp3) is 0.750. The van der Waals surface area contributed by atoms with E-state index in [1.54, 1.807) is 0 Å². The number of aliphatic hydroxyl groups excluding tert-OH is 2. The van der Waals surface area contributed by atoms with Gasteiger partial charge in [-0.05, 0) is 24.4 Å². The highest BCUT2D eigenvalue weighted by atomic mass is 35.5. The summed E-state index contributed by atoms with van der Waals surface area (Å²) in [4.78, 5) is 22.1. The lowest BCUT2D eigenvalue weighted by Crippen LogP contribution is -2.43. The number of aromatic nitrogens is 5. The van der Waals surface area contributed by atoms with Crippen LogP contribution in [-0.4, -0.2) is 94.7 Å². The number of anilines is 1. The van der Waals surface area contributed by atoms with E-state index in [0.717, 1.165) is 30.4 Å². The van der Waals surface area contributed by atoms with Crippen LogP contribution in [0.15, 0.2) is 0 Å². The maximum absolute atomic E-state index is 13.2. The molecular formula is C16H21ClF3N6O8PS. The zero-order valence-electron chi connectivity index (χ0n) is 18.0. The summed E-state index contributed by atoms with van der Waals surface area (Å²) in [7, 11) is -11.8. The first-order valence-corrected chi connectivity index (χ1v) is 14.3. The van der Waals surface area contributed by atoms with E-state index >= 15 is 0 Å². The third-order valence-corrected chi connectivity index (χ3v) is 10.5. The number of sulfone groups is 1. The molecule has 2 fully saturated rings. The zero-order valence-corrected chi connectivity index (χ0v) is 20.5. The summed E-state index contributed by atoms with van der Waals surface area (Å²) in [6.07, 6.45) is -9.71. The van der Waals surface area contributed by atoms with Gasteiger partial charge in [-0.3, -0.25) is 4.57 Å². The molecule has 3 heterocycles. The van der Waals surface area contributed by atoms with E-state index < -0.39 is 58.9 Å². The average molecular weight is 581 g/mol. The molecule has 0 radical (unpaired) electrons. The van der Waals surface area contributed by atoms with Crippen LogP contribution in [0.4, 0.5) is 19.0 Å². The highest BCUT2D eigenvalue weighted by Gasteiger charge is 2.60. The van der Waals surface area contributed by atoms with Crippen molar-refractivity contribution in [1.29, 1.82) is 0 Å². The maximum Gasteiger partial charge on any atom is 0.417 e. The minimum atomic E-state index is -6.21. The Morgan fingerprint density at radius 2 is 1.83 bits per heavy atom. The van der Waals surface area contributed by atoms with Gasteiger partial charge < -0.3 is 30.1 Å². The van der Waals surface area contributed by atoms with Gasteiger partial charge in [0.1, 0.15) is 18.3 Å². The normalized spacial score (nSPS) is 27.1. The van der Waals surface area contributed by atoms with Crippen LogP contribution in [-0.2, 0) is 19.1 Å². The molecule has 5 atom stereocenters. The largest absolute Gasteiger partial charge is 0.417 e. The van der Waals surface area contributed by atoms with Crippen LogP contribution in [0.1, 0.15) is 31.9 Å².